The molecule has 1 aromatic rings. The van der Waals surface area contributed by atoms with E-state index in [9.17, 15) is 8.42 Å². The number of oxime groups is 1. The average molecular weight is 259 g/mol. The lowest BCUT2D eigenvalue weighted by Crippen LogP contribution is -2.04. The number of rotatable bonds is 4. The van der Waals surface area contributed by atoms with Crippen molar-refractivity contribution in [2.75, 3.05) is 5.75 Å². The second kappa shape index (κ2) is 5.91. The first-order valence-corrected chi connectivity index (χ1v) is 7.11. The first-order valence-electron chi connectivity index (χ1n) is 4.72. The maximum Gasteiger partial charge on any atom is 0.328 e. The first kappa shape index (κ1) is 13.1. The summed E-state index contributed by atoms with van der Waals surface area (Å²) in [6.45, 7) is 3.20. The second-order valence-corrected chi connectivity index (χ2v) is 6.05. The van der Waals surface area contributed by atoms with Gasteiger partial charge in [0.15, 0.2) is 0 Å². The van der Waals surface area contributed by atoms with E-state index in [1.807, 2.05) is 30.3 Å². The quantitative estimate of drug-likeness (QED) is 0.361. The molecule has 0 heterocycles. The predicted molar refractivity (Wildman–Crippen MR) is 66.0 cm³/mol. The topological polar surface area (TPSA) is 55.7 Å². The Balaban J connectivity index is 2.60. The van der Waals surface area contributed by atoms with Gasteiger partial charge in [-0.05, 0) is 26.0 Å². The minimum absolute atomic E-state index is 0.0835. The largest absolute Gasteiger partial charge is 0.328 e. The van der Waals surface area contributed by atoms with Crippen LogP contribution in [-0.4, -0.2) is 19.2 Å². The van der Waals surface area contributed by atoms with Gasteiger partial charge in [0.2, 0.25) is 0 Å². The maximum absolute atomic E-state index is 11.0. The van der Waals surface area contributed by atoms with Crippen LogP contribution in [0.1, 0.15) is 13.8 Å². The third-order valence-electron chi connectivity index (χ3n) is 1.64. The van der Waals surface area contributed by atoms with E-state index in [0.29, 0.717) is 5.04 Å². The molecule has 0 spiro atoms. The van der Waals surface area contributed by atoms with Crippen molar-refractivity contribution >= 4 is 26.9 Å². The molecule has 0 bridgehead atoms. The molecule has 0 unspecified atom stereocenters. The van der Waals surface area contributed by atoms with Crippen LogP contribution in [-0.2, 0) is 14.4 Å². The van der Waals surface area contributed by atoms with Crippen LogP contribution in [0.5, 0.6) is 0 Å². The van der Waals surface area contributed by atoms with Crippen molar-refractivity contribution < 1.29 is 12.7 Å². The van der Waals surface area contributed by atoms with E-state index in [-0.39, 0.29) is 5.75 Å². The van der Waals surface area contributed by atoms with Crippen molar-refractivity contribution in [3.63, 3.8) is 0 Å². The van der Waals surface area contributed by atoms with Crippen molar-refractivity contribution in [2.45, 2.75) is 18.7 Å². The van der Waals surface area contributed by atoms with Crippen LogP contribution >= 0.6 is 11.8 Å². The van der Waals surface area contributed by atoms with Crippen molar-refractivity contribution in [3.05, 3.63) is 30.3 Å². The molecule has 1 aromatic carbocycles. The molecule has 0 aliphatic rings. The average Bonchev–Trinajstić information content (AvgIpc) is 2.28. The van der Waals surface area contributed by atoms with Gasteiger partial charge >= 0.3 is 10.1 Å². The minimum atomic E-state index is -3.51. The van der Waals surface area contributed by atoms with Gasteiger partial charge in [0.1, 0.15) is 5.04 Å². The Morgan fingerprint density at radius 2 is 2.00 bits per heavy atom. The highest BCUT2D eigenvalue weighted by molar-refractivity contribution is 8.13. The van der Waals surface area contributed by atoms with E-state index in [4.69, 9.17) is 0 Å². The monoisotopic (exact) mass is 259 g/mol. The lowest BCUT2D eigenvalue weighted by Gasteiger charge is -2.00. The molecule has 6 heteroatoms. The molecule has 0 aliphatic heterocycles. The third-order valence-corrected chi connectivity index (χ3v) is 3.53. The summed E-state index contributed by atoms with van der Waals surface area (Å²) in [5.41, 5.74) is 0. The fourth-order valence-corrected chi connectivity index (χ4v) is 1.93. The lowest BCUT2D eigenvalue weighted by atomic mass is 10.4. The SMILES string of the molecule is CCS(=O)(=O)O/N=C(/C)Sc1ccccc1. The fourth-order valence-electron chi connectivity index (χ4n) is 0.840. The molecule has 0 N–H and O–H groups in total. The lowest BCUT2D eigenvalue weighted by molar-refractivity contribution is 0.341. The Morgan fingerprint density at radius 1 is 1.38 bits per heavy atom. The second-order valence-electron chi connectivity index (χ2n) is 2.95. The molecular formula is C10H13NO3S2. The van der Waals surface area contributed by atoms with Crippen LogP contribution in [0.4, 0.5) is 0 Å². The number of benzene rings is 1. The Hall–Kier alpha value is -1.01. The van der Waals surface area contributed by atoms with Crippen LogP contribution < -0.4 is 0 Å². The molecule has 0 atom stereocenters. The molecule has 88 valence electrons. The summed E-state index contributed by atoms with van der Waals surface area (Å²) >= 11 is 1.36. The molecule has 0 radical (unpaired) electrons. The van der Waals surface area contributed by atoms with Gasteiger partial charge in [-0.3, -0.25) is 4.28 Å². The smallest absolute Gasteiger partial charge is 0.268 e. The summed E-state index contributed by atoms with van der Waals surface area (Å²) in [7, 11) is -3.51. The van der Waals surface area contributed by atoms with Crippen molar-refractivity contribution in [2.24, 2.45) is 5.16 Å². The van der Waals surface area contributed by atoms with E-state index >= 15 is 0 Å². The van der Waals surface area contributed by atoms with Gasteiger partial charge in [0.05, 0.1) is 5.75 Å². The highest BCUT2D eigenvalue weighted by atomic mass is 32.2. The summed E-state index contributed by atoms with van der Waals surface area (Å²) in [5, 5.41) is 4.10. The standard InChI is InChI=1S/C10H13NO3S2/c1-3-16(12,13)14-11-9(2)15-10-7-5-4-6-8-10/h4-8H,3H2,1-2H3/b11-9-. The van der Waals surface area contributed by atoms with Crippen LogP contribution in [0, 0.1) is 0 Å². The van der Waals surface area contributed by atoms with Gasteiger partial charge < -0.3 is 0 Å². The molecule has 16 heavy (non-hydrogen) atoms. The van der Waals surface area contributed by atoms with Crippen molar-refractivity contribution in [1.82, 2.24) is 0 Å². The fraction of sp³-hybridized carbons (Fsp3) is 0.300. The molecule has 0 saturated carbocycles. The highest BCUT2D eigenvalue weighted by Gasteiger charge is 2.07. The molecule has 0 aliphatic carbocycles. The van der Waals surface area contributed by atoms with Crippen molar-refractivity contribution in [1.29, 1.82) is 0 Å². The molecule has 1 rings (SSSR count). The number of thioether (sulfide) groups is 1. The summed E-state index contributed by atoms with van der Waals surface area (Å²) in [5.74, 6) is -0.0835. The molecule has 0 amide bonds. The zero-order valence-electron chi connectivity index (χ0n) is 9.08. The summed E-state index contributed by atoms with van der Waals surface area (Å²) in [6.07, 6.45) is 0. The molecule has 4 nitrogen and oxygen atoms in total. The minimum Gasteiger partial charge on any atom is -0.268 e. The Morgan fingerprint density at radius 3 is 2.56 bits per heavy atom. The van der Waals surface area contributed by atoms with Gasteiger partial charge in [-0.25, -0.2) is 0 Å². The van der Waals surface area contributed by atoms with Crippen LogP contribution in [0.25, 0.3) is 0 Å². The van der Waals surface area contributed by atoms with E-state index in [2.05, 4.69) is 9.44 Å². The van der Waals surface area contributed by atoms with E-state index in [1.54, 1.807) is 6.92 Å². The summed E-state index contributed by atoms with van der Waals surface area (Å²) in [4.78, 5) is 0.987. The van der Waals surface area contributed by atoms with Crippen LogP contribution in [0.3, 0.4) is 0 Å². The Kier molecular flexibility index (Phi) is 4.82. The van der Waals surface area contributed by atoms with Crippen LogP contribution in [0.15, 0.2) is 40.4 Å². The maximum atomic E-state index is 11.0. The highest BCUT2D eigenvalue weighted by Crippen LogP contribution is 2.18. The Bertz CT molecular complexity index is 454. The van der Waals surface area contributed by atoms with E-state index in [0.717, 1.165) is 4.90 Å². The molecule has 0 aromatic heterocycles. The number of nitrogens with zero attached hydrogens (tertiary/aromatic N) is 1. The summed E-state index contributed by atoms with van der Waals surface area (Å²) < 4.78 is 26.5. The Labute approximate surface area is 99.8 Å². The molecular weight excluding hydrogens is 246 g/mol. The molecule has 0 fully saturated rings. The predicted octanol–water partition coefficient (Wildman–Crippen LogP) is 2.48. The van der Waals surface area contributed by atoms with Gasteiger partial charge in [-0.2, -0.15) is 8.42 Å². The van der Waals surface area contributed by atoms with E-state index in [1.165, 1.54) is 18.7 Å². The molecule has 0 saturated heterocycles. The normalized spacial score (nSPS) is 12.5. The third kappa shape index (κ3) is 4.67. The van der Waals surface area contributed by atoms with Crippen molar-refractivity contribution in [3.8, 4) is 0 Å². The number of hydrogen-bond donors (Lipinski definition) is 0. The first-order chi connectivity index (χ1) is 7.53. The van der Waals surface area contributed by atoms with Gasteiger partial charge in [0, 0.05) is 4.90 Å². The zero-order valence-corrected chi connectivity index (χ0v) is 10.7. The van der Waals surface area contributed by atoms with E-state index < -0.39 is 10.1 Å². The number of hydrogen-bond acceptors (Lipinski definition) is 5. The summed E-state index contributed by atoms with van der Waals surface area (Å²) in [6, 6.07) is 9.54. The van der Waals surface area contributed by atoms with Crippen LogP contribution in [0.2, 0.25) is 0 Å². The van der Waals surface area contributed by atoms with Gasteiger partial charge in [0.25, 0.3) is 0 Å². The zero-order chi connectivity index (χ0) is 12.0. The van der Waals surface area contributed by atoms with Gasteiger partial charge in [-0.15, -0.1) is 0 Å². The van der Waals surface area contributed by atoms with Gasteiger partial charge in [-0.1, -0.05) is 35.1 Å².